The van der Waals surface area contributed by atoms with Crippen LogP contribution in [-0.4, -0.2) is 52.0 Å². The summed E-state index contributed by atoms with van der Waals surface area (Å²) in [5, 5.41) is 14.8. The van der Waals surface area contributed by atoms with Crippen molar-refractivity contribution in [2.45, 2.75) is 19.5 Å². The van der Waals surface area contributed by atoms with Gasteiger partial charge in [0.1, 0.15) is 16.3 Å². The van der Waals surface area contributed by atoms with Gasteiger partial charge in [0.2, 0.25) is 0 Å². The van der Waals surface area contributed by atoms with Crippen molar-refractivity contribution in [1.82, 2.24) is 14.4 Å². The molecule has 1 saturated heterocycles. The fourth-order valence-electron chi connectivity index (χ4n) is 4.56. The van der Waals surface area contributed by atoms with E-state index in [1.807, 2.05) is 35.1 Å². The van der Waals surface area contributed by atoms with E-state index in [2.05, 4.69) is 11.4 Å². The molecule has 1 aliphatic heterocycles. The van der Waals surface area contributed by atoms with E-state index in [1.165, 1.54) is 12.1 Å². The van der Waals surface area contributed by atoms with Gasteiger partial charge in [-0.15, -0.1) is 11.3 Å². The number of amides is 3. The highest BCUT2D eigenvalue weighted by Gasteiger charge is 2.32. The smallest absolute Gasteiger partial charge is 0.322 e. The molecule has 3 heterocycles. The number of carbonyl (C=O) groups excluding carboxylic acids is 2. The lowest BCUT2D eigenvalue weighted by Gasteiger charge is -2.39. The number of carbonyl (C=O) groups is 2. The fourth-order valence-corrected chi connectivity index (χ4v) is 5.45. The summed E-state index contributed by atoms with van der Waals surface area (Å²) >= 11 is 1.55. The first kappa shape index (κ1) is 23.6. The standard InChI is InChI=1S/C27H24FN5O2S/c1-18-16-31(10-11-32(18)27(35)30-23-7-5-19(15-29)6-8-23)25(34)24-14-21-9-12-36-26(21)33(24)17-20-3-2-4-22(28)13-20/h2-9,12-14,18H,10-11,16-17H2,1H3,(H,30,35)/t18-/m1/s1. The number of benzene rings is 2. The van der Waals surface area contributed by atoms with Crippen molar-refractivity contribution in [1.29, 1.82) is 5.26 Å². The molecule has 0 radical (unpaired) electrons. The topological polar surface area (TPSA) is 81.4 Å². The molecule has 2 aromatic carbocycles. The van der Waals surface area contributed by atoms with Crippen LogP contribution < -0.4 is 5.32 Å². The first-order valence-corrected chi connectivity index (χ1v) is 12.5. The molecule has 0 saturated carbocycles. The molecule has 3 amide bonds. The number of anilines is 1. The number of hydrogen-bond donors (Lipinski definition) is 1. The molecule has 7 nitrogen and oxygen atoms in total. The second-order valence-electron chi connectivity index (χ2n) is 8.84. The molecule has 0 unspecified atom stereocenters. The predicted octanol–water partition coefficient (Wildman–Crippen LogP) is 5.14. The van der Waals surface area contributed by atoms with Crippen molar-refractivity contribution in [2.75, 3.05) is 25.0 Å². The normalized spacial score (nSPS) is 15.6. The average Bonchev–Trinajstić information content (AvgIpc) is 3.46. The van der Waals surface area contributed by atoms with Crippen LogP contribution in [0.2, 0.25) is 0 Å². The third kappa shape index (κ3) is 4.68. The van der Waals surface area contributed by atoms with E-state index >= 15 is 0 Å². The number of urea groups is 1. The van der Waals surface area contributed by atoms with Crippen LogP contribution in [0, 0.1) is 17.1 Å². The zero-order chi connectivity index (χ0) is 25.2. The number of nitriles is 1. The molecule has 182 valence electrons. The van der Waals surface area contributed by atoms with Crippen LogP contribution in [0.5, 0.6) is 0 Å². The second-order valence-corrected chi connectivity index (χ2v) is 9.73. The number of piperazine rings is 1. The summed E-state index contributed by atoms with van der Waals surface area (Å²) in [6, 6.07) is 18.6. The monoisotopic (exact) mass is 501 g/mol. The first-order valence-electron chi connectivity index (χ1n) is 11.6. The van der Waals surface area contributed by atoms with Gasteiger partial charge in [0.15, 0.2) is 0 Å². The highest BCUT2D eigenvalue weighted by molar-refractivity contribution is 7.16. The molecule has 1 fully saturated rings. The zero-order valence-electron chi connectivity index (χ0n) is 19.6. The van der Waals surface area contributed by atoms with Crippen LogP contribution in [0.25, 0.3) is 10.2 Å². The number of nitrogens with one attached hydrogen (secondary N) is 1. The molecule has 0 aliphatic carbocycles. The summed E-state index contributed by atoms with van der Waals surface area (Å²) in [7, 11) is 0. The quantitative estimate of drug-likeness (QED) is 0.420. The van der Waals surface area contributed by atoms with Crippen molar-refractivity contribution in [2.24, 2.45) is 0 Å². The van der Waals surface area contributed by atoms with Crippen molar-refractivity contribution >= 4 is 39.2 Å². The van der Waals surface area contributed by atoms with Crippen LogP contribution in [-0.2, 0) is 6.54 Å². The van der Waals surface area contributed by atoms with Crippen molar-refractivity contribution < 1.29 is 14.0 Å². The van der Waals surface area contributed by atoms with Crippen molar-refractivity contribution in [3.63, 3.8) is 0 Å². The summed E-state index contributed by atoms with van der Waals surface area (Å²) in [5.74, 6) is -0.409. The van der Waals surface area contributed by atoms with E-state index in [4.69, 9.17) is 5.26 Å². The molecular weight excluding hydrogens is 477 g/mol. The highest BCUT2D eigenvalue weighted by atomic mass is 32.1. The summed E-state index contributed by atoms with van der Waals surface area (Å²) in [4.78, 5) is 30.9. The molecule has 1 atom stereocenters. The van der Waals surface area contributed by atoms with Crippen molar-refractivity contribution in [3.8, 4) is 6.07 Å². The lowest BCUT2D eigenvalue weighted by molar-refractivity contribution is 0.0583. The zero-order valence-corrected chi connectivity index (χ0v) is 20.5. The lowest BCUT2D eigenvalue weighted by atomic mass is 10.1. The minimum atomic E-state index is -0.306. The molecule has 2 aromatic heterocycles. The summed E-state index contributed by atoms with van der Waals surface area (Å²) in [6.45, 7) is 3.52. The Morgan fingerprint density at radius 1 is 1.14 bits per heavy atom. The van der Waals surface area contributed by atoms with Gasteiger partial charge in [-0.1, -0.05) is 12.1 Å². The summed E-state index contributed by atoms with van der Waals surface area (Å²) < 4.78 is 15.7. The number of rotatable bonds is 4. The summed E-state index contributed by atoms with van der Waals surface area (Å²) in [5.41, 5.74) is 2.48. The number of halogens is 1. The maximum Gasteiger partial charge on any atom is 0.322 e. The Hall–Kier alpha value is -4.16. The van der Waals surface area contributed by atoms with Gasteiger partial charge in [-0.25, -0.2) is 9.18 Å². The van der Waals surface area contributed by atoms with Gasteiger partial charge in [0.25, 0.3) is 5.91 Å². The van der Waals surface area contributed by atoms with Crippen LogP contribution in [0.4, 0.5) is 14.9 Å². The van der Waals surface area contributed by atoms with E-state index in [-0.39, 0.29) is 23.8 Å². The third-order valence-electron chi connectivity index (χ3n) is 6.39. The van der Waals surface area contributed by atoms with E-state index < -0.39 is 0 Å². The van der Waals surface area contributed by atoms with Gasteiger partial charge in [-0.2, -0.15) is 5.26 Å². The molecule has 9 heteroatoms. The Morgan fingerprint density at radius 3 is 2.67 bits per heavy atom. The molecule has 0 spiro atoms. The Balaban J connectivity index is 1.30. The van der Waals surface area contributed by atoms with E-state index in [0.29, 0.717) is 43.1 Å². The molecule has 1 N–H and O–H groups in total. The number of hydrogen-bond acceptors (Lipinski definition) is 4. The number of aromatic nitrogens is 1. The largest absolute Gasteiger partial charge is 0.334 e. The molecular formula is C27H24FN5O2S. The maximum absolute atomic E-state index is 13.8. The van der Waals surface area contributed by atoms with Crippen LogP contribution >= 0.6 is 11.3 Å². The fraction of sp³-hybridized carbons (Fsp3) is 0.222. The van der Waals surface area contributed by atoms with E-state index in [0.717, 1.165) is 15.8 Å². The number of nitrogens with zero attached hydrogens (tertiary/aromatic N) is 4. The molecule has 4 aromatic rings. The van der Waals surface area contributed by atoms with Crippen LogP contribution in [0.1, 0.15) is 28.5 Å². The van der Waals surface area contributed by atoms with Crippen LogP contribution in [0.15, 0.2) is 66.0 Å². The Labute approximate surface area is 212 Å². The van der Waals surface area contributed by atoms with Gasteiger partial charge < -0.3 is 19.7 Å². The Kier molecular flexibility index (Phi) is 6.44. The lowest BCUT2D eigenvalue weighted by Crippen LogP contribution is -2.56. The first-order chi connectivity index (χ1) is 17.4. The van der Waals surface area contributed by atoms with Crippen molar-refractivity contribution in [3.05, 3.63) is 88.7 Å². The Morgan fingerprint density at radius 2 is 1.94 bits per heavy atom. The minimum Gasteiger partial charge on any atom is -0.334 e. The minimum absolute atomic E-state index is 0.103. The van der Waals surface area contributed by atoms with E-state index in [9.17, 15) is 14.0 Å². The van der Waals surface area contributed by atoms with Gasteiger partial charge in [-0.05, 0) is 66.4 Å². The highest BCUT2D eigenvalue weighted by Crippen LogP contribution is 2.28. The van der Waals surface area contributed by atoms with Gasteiger partial charge in [0, 0.05) is 43.3 Å². The second kappa shape index (κ2) is 9.84. The predicted molar refractivity (Wildman–Crippen MR) is 138 cm³/mol. The molecule has 1 aliphatic rings. The van der Waals surface area contributed by atoms with Crippen LogP contribution in [0.3, 0.4) is 0 Å². The van der Waals surface area contributed by atoms with Gasteiger partial charge in [-0.3, -0.25) is 4.79 Å². The number of fused-ring (bicyclic) bond motifs is 1. The average molecular weight is 502 g/mol. The SMILES string of the molecule is C[C@@H]1CN(C(=O)c2cc3ccsc3n2Cc2cccc(F)c2)CCN1C(=O)Nc1ccc(C#N)cc1. The maximum atomic E-state index is 13.8. The number of thiophene rings is 1. The summed E-state index contributed by atoms with van der Waals surface area (Å²) in [6.07, 6.45) is 0. The molecule has 36 heavy (non-hydrogen) atoms. The third-order valence-corrected chi connectivity index (χ3v) is 7.34. The van der Waals surface area contributed by atoms with Gasteiger partial charge in [0.05, 0.1) is 11.6 Å². The van der Waals surface area contributed by atoms with Gasteiger partial charge >= 0.3 is 6.03 Å². The Bertz CT molecular complexity index is 1470. The van der Waals surface area contributed by atoms with E-state index in [1.54, 1.807) is 51.5 Å². The molecule has 5 rings (SSSR count). The molecule has 0 bridgehead atoms.